The summed E-state index contributed by atoms with van der Waals surface area (Å²) in [4.78, 5) is 4.22. The fourth-order valence-electron chi connectivity index (χ4n) is 3.25. The molecule has 0 aliphatic heterocycles. The molecule has 0 bridgehead atoms. The number of ether oxygens (including phenoxy) is 2. The van der Waals surface area contributed by atoms with Gasteiger partial charge in [-0.2, -0.15) is 8.78 Å². The van der Waals surface area contributed by atoms with Crippen LogP contribution in [-0.2, 0) is 4.74 Å². The van der Waals surface area contributed by atoms with Gasteiger partial charge in [-0.1, -0.05) is 6.07 Å². The molecular weight excluding hydrogens is 288 g/mol. The molecule has 1 fully saturated rings. The van der Waals surface area contributed by atoms with Gasteiger partial charge >= 0.3 is 6.61 Å². The second kappa shape index (κ2) is 6.57. The van der Waals surface area contributed by atoms with Crippen molar-refractivity contribution in [1.29, 1.82) is 0 Å². The molecule has 1 aromatic heterocycles. The second-order valence-corrected chi connectivity index (χ2v) is 5.67. The van der Waals surface area contributed by atoms with E-state index >= 15 is 0 Å². The molecule has 118 valence electrons. The van der Waals surface area contributed by atoms with E-state index in [0.29, 0.717) is 5.52 Å². The molecule has 0 saturated heterocycles. The number of hydrogen-bond donors (Lipinski definition) is 0. The lowest BCUT2D eigenvalue weighted by atomic mass is 9.82. The fraction of sp³-hybridized carbons (Fsp3) is 0.471. The van der Waals surface area contributed by atoms with Crippen LogP contribution in [0.1, 0.15) is 37.2 Å². The van der Waals surface area contributed by atoms with Crippen molar-refractivity contribution in [3.05, 3.63) is 36.0 Å². The normalized spacial score (nSPS) is 22.2. The zero-order valence-corrected chi connectivity index (χ0v) is 12.5. The molecule has 5 heteroatoms. The van der Waals surface area contributed by atoms with Crippen molar-refractivity contribution in [2.75, 3.05) is 7.11 Å². The zero-order valence-electron chi connectivity index (χ0n) is 12.5. The summed E-state index contributed by atoms with van der Waals surface area (Å²) in [6.07, 6.45) is 5.66. The Morgan fingerprint density at radius 1 is 1.18 bits per heavy atom. The molecule has 1 aromatic carbocycles. The Bertz CT molecular complexity index is 640. The Morgan fingerprint density at radius 3 is 2.64 bits per heavy atom. The lowest BCUT2D eigenvalue weighted by molar-refractivity contribution is -0.0507. The number of rotatable bonds is 4. The monoisotopic (exact) mass is 307 g/mol. The summed E-state index contributed by atoms with van der Waals surface area (Å²) in [6, 6.07) is 7.36. The average molecular weight is 307 g/mol. The minimum absolute atomic E-state index is 0.227. The van der Waals surface area contributed by atoms with Gasteiger partial charge in [-0.05, 0) is 49.3 Å². The summed E-state index contributed by atoms with van der Waals surface area (Å²) < 4.78 is 35.6. The Morgan fingerprint density at radius 2 is 1.95 bits per heavy atom. The summed E-state index contributed by atoms with van der Waals surface area (Å²) in [7, 11) is 1.72. The van der Waals surface area contributed by atoms with Gasteiger partial charge in [-0.25, -0.2) is 0 Å². The molecule has 1 aliphatic rings. The molecule has 3 rings (SSSR count). The van der Waals surface area contributed by atoms with Crippen molar-refractivity contribution >= 4 is 10.9 Å². The van der Waals surface area contributed by atoms with Crippen molar-refractivity contribution < 1.29 is 18.3 Å². The Kier molecular flexibility index (Phi) is 4.52. The van der Waals surface area contributed by atoms with E-state index in [0.717, 1.165) is 36.6 Å². The molecule has 22 heavy (non-hydrogen) atoms. The van der Waals surface area contributed by atoms with Crippen LogP contribution >= 0.6 is 0 Å². The first-order valence-corrected chi connectivity index (χ1v) is 7.53. The quantitative estimate of drug-likeness (QED) is 0.833. The Hall–Kier alpha value is -1.75. The van der Waals surface area contributed by atoms with Crippen LogP contribution in [0.3, 0.4) is 0 Å². The van der Waals surface area contributed by atoms with Crippen LogP contribution in [0.5, 0.6) is 5.75 Å². The van der Waals surface area contributed by atoms with Gasteiger partial charge in [0.1, 0.15) is 5.75 Å². The third kappa shape index (κ3) is 3.19. The van der Waals surface area contributed by atoms with E-state index in [-0.39, 0.29) is 17.8 Å². The van der Waals surface area contributed by atoms with E-state index in [1.54, 1.807) is 19.4 Å². The van der Waals surface area contributed by atoms with Crippen LogP contribution in [0.2, 0.25) is 0 Å². The molecule has 0 amide bonds. The van der Waals surface area contributed by atoms with E-state index in [1.165, 1.54) is 0 Å². The number of fused-ring (bicyclic) bond motifs is 1. The van der Waals surface area contributed by atoms with Crippen molar-refractivity contribution in [3.63, 3.8) is 0 Å². The molecule has 0 N–H and O–H groups in total. The van der Waals surface area contributed by atoms with E-state index in [1.807, 2.05) is 18.2 Å². The third-order valence-electron chi connectivity index (χ3n) is 4.40. The maximum absolute atomic E-state index is 12.7. The van der Waals surface area contributed by atoms with E-state index in [2.05, 4.69) is 4.98 Å². The van der Waals surface area contributed by atoms with Crippen LogP contribution in [0, 0.1) is 0 Å². The molecule has 0 radical (unpaired) electrons. The standard InChI is InChI=1S/C17H19F2NO2/c1-21-13-6-4-11(5-7-13)14-9-12-3-2-8-20-15(12)10-16(14)22-17(18)19/h2-3,8-11,13,17H,4-7H2,1H3. The minimum atomic E-state index is -2.82. The number of nitrogens with zero attached hydrogens (tertiary/aromatic N) is 1. The van der Waals surface area contributed by atoms with Crippen LogP contribution < -0.4 is 4.74 Å². The van der Waals surface area contributed by atoms with E-state index in [4.69, 9.17) is 9.47 Å². The predicted octanol–water partition coefficient (Wildman–Crippen LogP) is 4.51. The number of aromatic nitrogens is 1. The van der Waals surface area contributed by atoms with Gasteiger partial charge in [0.25, 0.3) is 0 Å². The lowest BCUT2D eigenvalue weighted by Crippen LogP contribution is -2.20. The maximum Gasteiger partial charge on any atom is 0.387 e. The third-order valence-corrected chi connectivity index (χ3v) is 4.40. The first-order chi connectivity index (χ1) is 10.7. The maximum atomic E-state index is 12.7. The van der Waals surface area contributed by atoms with Crippen molar-refractivity contribution in [3.8, 4) is 5.75 Å². The highest BCUT2D eigenvalue weighted by atomic mass is 19.3. The number of benzene rings is 1. The van der Waals surface area contributed by atoms with E-state index < -0.39 is 6.61 Å². The number of methoxy groups -OCH3 is 1. The summed E-state index contributed by atoms with van der Waals surface area (Å²) in [6.45, 7) is -2.82. The average Bonchev–Trinajstić information content (AvgIpc) is 2.54. The predicted molar refractivity (Wildman–Crippen MR) is 80.4 cm³/mol. The number of halogens is 2. The molecule has 1 heterocycles. The molecule has 1 aliphatic carbocycles. The van der Waals surface area contributed by atoms with Gasteiger partial charge in [0.15, 0.2) is 0 Å². The van der Waals surface area contributed by atoms with Gasteiger partial charge in [-0.3, -0.25) is 4.98 Å². The summed E-state index contributed by atoms with van der Waals surface area (Å²) >= 11 is 0. The SMILES string of the molecule is COC1CCC(c2cc3cccnc3cc2OC(F)F)CC1. The number of alkyl halides is 2. The van der Waals surface area contributed by atoms with Gasteiger partial charge in [0.05, 0.1) is 11.6 Å². The van der Waals surface area contributed by atoms with Crippen molar-refractivity contribution in [2.24, 2.45) is 0 Å². The van der Waals surface area contributed by atoms with Crippen molar-refractivity contribution in [1.82, 2.24) is 4.98 Å². The molecule has 0 spiro atoms. The first-order valence-electron chi connectivity index (χ1n) is 7.53. The van der Waals surface area contributed by atoms with Gasteiger partial charge in [0.2, 0.25) is 0 Å². The van der Waals surface area contributed by atoms with Crippen LogP contribution in [0.25, 0.3) is 10.9 Å². The van der Waals surface area contributed by atoms with Crippen LogP contribution in [-0.4, -0.2) is 24.8 Å². The topological polar surface area (TPSA) is 31.4 Å². The molecular formula is C17H19F2NO2. The summed E-state index contributed by atoms with van der Waals surface area (Å²) in [5, 5.41) is 0.952. The molecule has 0 unspecified atom stereocenters. The van der Waals surface area contributed by atoms with E-state index in [9.17, 15) is 8.78 Å². The summed E-state index contributed by atoms with van der Waals surface area (Å²) in [5.41, 5.74) is 1.53. The fourth-order valence-corrected chi connectivity index (χ4v) is 3.25. The number of hydrogen-bond acceptors (Lipinski definition) is 3. The highest BCUT2D eigenvalue weighted by molar-refractivity contribution is 5.81. The Labute approximate surface area is 128 Å². The molecule has 0 atom stereocenters. The van der Waals surface area contributed by atoms with Gasteiger partial charge in [0, 0.05) is 24.8 Å². The smallest absolute Gasteiger partial charge is 0.387 e. The summed E-state index contributed by atoms with van der Waals surface area (Å²) in [5.74, 6) is 0.479. The molecule has 1 saturated carbocycles. The van der Waals surface area contributed by atoms with Crippen LogP contribution in [0.4, 0.5) is 8.78 Å². The zero-order chi connectivity index (χ0) is 15.5. The first kappa shape index (κ1) is 15.2. The Balaban J connectivity index is 1.95. The van der Waals surface area contributed by atoms with Crippen molar-refractivity contribution in [2.45, 2.75) is 44.3 Å². The van der Waals surface area contributed by atoms with Crippen LogP contribution in [0.15, 0.2) is 30.5 Å². The minimum Gasteiger partial charge on any atom is -0.434 e. The lowest BCUT2D eigenvalue weighted by Gasteiger charge is -2.29. The highest BCUT2D eigenvalue weighted by Gasteiger charge is 2.25. The van der Waals surface area contributed by atoms with Gasteiger partial charge < -0.3 is 9.47 Å². The second-order valence-electron chi connectivity index (χ2n) is 5.67. The highest BCUT2D eigenvalue weighted by Crippen LogP contribution is 2.40. The number of pyridine rings is 1. The molecule has 3 nitrogen and oxygen atoms in total. The van der Waals surface area contributed by atoms with Gasteiger partial charge in [-0.15, -0.1) is 0 Å². The molecule has 2 aromatic rings. The largest absolute Gasteiger partial charge is 0.434 e.